The van der Waals surface area contributed by atoms with E-state index in [1.807, 2.05) is 0 Å². The van der Waals surface area contributed by atoms with Crippen LogP contribution in [-0.4, -0.2) is 49.8 Å². The van der Waals surface area contributed by atoms with Crippen LogP contribution < -0.4 is 5.32 Å². The molecule has 0 amide bonds. The van der Waals surface area contributed by atoms with Gasteiger partial charge >= 0.3 is 0 Å². The van der Waals surface area contributed by atoms with E-state index in [4.69, 9.17) is 4.74 Å². The van der Waals surface area contributed by atoms with Gasteiger partial charge in [-0.05, 0) is 58.0 Å². The summed E-state index contributed by atoms with van der Waals surface area (Å²) in [7, 11) is 0. The van der Waals surface area contributed by atoms with E-state index >= 15 is 0 Å². The molecule has 2 aliphatic heterocycles. The van der Waals surface area contributed by atoms with Crippen molar-refractivity contribution in [3.8, 4) is 0 Å². The Morgan fingerprint density at radius 1 is 1.22 bits per heavy atom. The minimum absolute atomic E-state index is 0.537. The van der Waals surface area contributed by atoms with Gasteiger partial charge in [-0.3, -0.25) is 0 Å². The van der Waals surface area contributed by atoms with Gasteiger partial charge in [-0.25, -0.2) is 0 Å². The fraction of sp³-hybridized carbons (Fsp3) is 1.00. The lowest BCUT2D eigenvalue weighted by Crippen LogP contribution is -2.43. The van der Waals surface area contributed by atoms with Crippen LogP contribution in [0.25, 0.3) is 0 Å². The van der Waals surface area contributed by atoms with Crippen LogP contribution in [0.15, 0.2) is 0 Å². The molecule has 2 rings (SSSR count). The molecule has 3 heteroatoms. The maximum Gasteiger partial charge on any atom is 0.0587 e. The number of hydrogen-bond acceptors (Lipinski definition) is 3. The molecular weight excluding hydrogens is 224 g/mol. The molecule has 0 aromatic rings. The summed E-state index contributed by atoms with van der Waals surface area (Å²) in [4.78, 5) is 2.65. The van der Waals surface area contributed by atoms with Crippen molar-refractivity contribution in [2.75, 3.05) is 32.8 Å². The zero-order valence-corrected chi connectivity index (χ0v) is 12.2. The minimum Gasteiger partial charge on any atom is -0.378 e. The van der Waals surface area contributed by atoms with Crippen molar-refractivity contribution < 1.29 is 4.74 Å². The van der Waals surface area contributed by atoms with Gasteiger partial charge in [0.25, 0.3) is 0 Å². The molecule has 106 valence electrons. The Hall–Kier alpha value is -0.120. The van der Waals surface area contributed by atoms with E-state index in [9.17, 15) is 0 Å². The molecule has 0 aromatic carbocycles. The molecule has 1 N–H and O–H groups in total. The third-order valence-corrected chi connectivity index (χ3v) is 4.30. The Balaban J connectivity index is 1.72. The van der Waals surface area contributed by atoms with Crippen LogP contribution >= 0.6 is 0 Å². The third-order valence-electron chi connectivity index (χ3n) is 4.30. The first kappa shape index (κ1) is 14.3. The molecule has 0 aromatic heterocycles. The highest BCUT2D eigenvalue weighted by Gasteiger charge is 2.19. The summed E-state index contributed by atoms with van der Waals surface area (Å²) >= 11 is 0. The van der Waals surface area contributed by atoms with Crippen molar-refractivity contribution in [1.82, 2.24) is 10.2 Å². The molecule has 0 aliphatic carbocycles. The molecule has 0 spiro atoms. The van der Waals surface area contributed by atoms with Crippen molar-refractivity contribution in [3.05, 3.63) is 0 Å². The van der Waals surface area contributed by atoms with Gasteiger partial charge in [0, 0.05) is 25.7 Å². The van der Waals surface area contributed by atoms with Crippen molar-refractivity contribution >= 4 is 0 Å². The second-order valence-electron chi connectivity index (χ2n) is 6.28. The number of hydrogen-bond donors (Lipinski definition) is 1. The van der Waals surface area contributed by atoms with Crippen LogP contribution in [-0.2, 0) is 4.74 Å². The summed E-state index contributed by atoms with van der Waals surface area (Å²) in [5.41, 5.74) is 0. The van der Waals surface area contributed by atoms with E-state index in [1.54, 1.807) is 0 Å². The molecule has 2 fully saturated rings. The van der Waals surface area contributed by atoms with Crippen LogP contribution in [0.4, 0.5) is 0 Å². The summed E-state index contributed by atoms with van der Waals surface area (Å²) in [5.74, 6) is 0.764. The quantitative estimate of drug-likeness (QED) is 0.836. The Kier molecular flexibility index (Phi) is 5.93. The van der Waals surface area contributed by atoms with Crippen LogP contribution in [0.5, 0.6) is 0 Å². The number of rotatable bonds is 3. The Bertz CT molecular complexity index is 229. The molecular formula is C15H30N2O. The molecule has 3 nitrogen and oxygen atoms in total. The van der Waals surface area contributed by atoms with E-state index in [-0.39, 0.29) is 0 Å². The molecule has 3 unspecified atom stereocenters. The summed E-state index contributed by atoms with van der Waals surface area (Å²) in [5, 5.41) is 3.61. The first-order chi connectivity index (χ1) is 8.74. The van der Waals surface area contributed by atoms with Crippen LogP contribution in [0.2, 0.25) is 0 Å². The second-order valence-corrected chi connectivity index (χ2v) is 6.28. The Labute approximate surface area is 112 Å². The summed E-state index contributed by atoms with van der Waals surface area (Å²) in [6.45, 7) is 10.5. The van der Waals surface area contributed by atoms with Crippen LogP contribution in [0.1, 0.15) is 46.0 Å². The van der Waals surface area contributed by atoms with Crippen molar-refractivity contribution in [2.45, 2.75) is 58.1 Å². The highest BCUT2D eigenvalue weighted by molar-refractivity contribution is 4.75. The topological polar surface area (TPSA) is 24.5 Å². The molecule has 2 saturated heterocycles. The maximum absolute atomic E-state index is 5.83. The van der Waals surface area contributed by atoms with E-state index in [0.717, 1.165) is 19.1 Å². The normalized spacial score (nSPS) is 36.0. The van der Waals surface area contributed by atoms with Crippen LogP contribution in [0.3, 0.4) is 0 Å². The van der Waals surface area contributed by atoms with Gasteiger partial charge in [-0.2, -0.15) is 0 Å². The van der Waals surface area contributed by atoms with E-state index in [2.05, 4.69) is 24.1 Å². The highest BCUT2D eigenvalue weighted by atomic mass is 16.5. The van der Waals surface area contributed by atoms with Gasteiger partial charge in [-0.15, -0.1) is 0 Å². The fourth-order valence-corrected chi connectivity index (χ4v) is 3.04. The second kappa shape index (κ2) is 7.46. The maximum atomic E-state index is 5.83. The third kappa shape index (κ3) is 4.87. The monoisotopic (exact) mass is 254 g/mol. The van der Waals surface area contributed by atoms with Gasteiger partial charge in [-0.1, -0.05) is 6.92 Å². The van der Waals surface area contributed by atoms with Crippen molar-refractivity contribution in [3.63, 3.8) is 0 Å². The minimum atomic E-state index is 0.537. The van der Waals surface area contributed by atoms with Gasteiger partial charge in [0.05, 0.1) is 6.10 Å². The van der Waals surface area contributed by atoms with E-state index in [1.165, 1.54) is 51.7 Å². The summed E-state index contributed by atoms with van der Waals surface area (Å²) in [6, 6.07) is 0.668. The number of nitrogens with one attached hydrogen (secondary N) is 1. The highest BCUT2D eigenvalue weighted by Crippen LogP contribution is 2.17. The molecule has 2 aliphatic rings. The Morgan fingerprint density at radius 2 is 2.11 bits per heavy atom. The zero-order valence-electron chi connectivity index (χ0n) is 12.2. The lowest BCUT2D eigenvalue weighted by molar-refractivity contribution is 0.00428. The van der Waals surface area contributed by atoms with Gasteiger partial charge < -0.3 is 15.0 Å². The van der Waals surface area contributed by atoms with Crippen molar-refractivity contribution in [2.24, 2.45) is 5.92 Å². The SMILES string of the molecule is CC1CNC(C)CCN(CCC2CCCCO2)C1. The Morgan fingerprint density at radius 3 is 2.89 bits per heavy atom. The molecule has 2 heterocycles. The van der Waals surface area contributed by atoms with Crippen LogP contribution in [0, 0.1) is 5.92 Å². The molecule has 0 bridgehead atoms. The predicted octanol–water partition coefficient (Wildman–Crippen LogP) is 2.27. The molecule has 3 atom stereocenters. The largest absolute Gasteiger partial charge is 0.378 e. The van der Waals surface area contributed by atoms with E-state index in [0.29, 0.717) is 12.1 Å². The first-order valence-electron chi connectivity index (χ1n) is 7.81. The fourth-order valence-electron chi connectivity index (χ4n) is 3.04. The average molecular weight is 254 g/mol. The smallest absolute Gasteiger partial charge is 0.0587 e. The lowest BCUT2D eigenvalue weighted by Gasteiger charge is -2.32. The number of nitrogens with zero attached hydrogens (tertiary/aromatic N) is 1. The molecule has 18 heavy (non-hydrogen) atoms. The first-order valence-corrected chi connectivity index (χ1v) is 7.81. The predicted molar refractivity (Wildman–Crippen MR) is 75.9 cm³/mol. The summed E-state index contributed by atoms with van der Waals surface area (Å²) < 4.78 is 5.83. The van der Waals surface area contributed by atoms with E-state index < -0.39 is 0 Å². The number of ether oxygens (including phenoxy) is 1. The van der Waals surface area contributed by atoms with Gasteiger partial charge in [0.1, 0.15) is 0 Å². The van der Waals surface area contributed by atoms with Gasteiger partial charge in [0.15, 0.2) is 0 Å². The molecule has 0 saturated carbocycles. The van der Waals surface area contributed by atoms with Crippen molar-refractivity contribution in [1.29, 1.82) is 0 Å². The summed E-state index contributed by atoms with van der Waals surface area (Å²) in [6.07, 6.45) is 6.95. The lowest BCUT2D eigenvalue weighted by atomic mass is 10.0. The average Bonchev–Trinajstić information content (AvgIpc) is 2.39. The zero-order chi connectivity index (χ0) is 12.8. The standard InChI is InChI=1S/C15H30N2O/c1-13-11-16-14(2)6-8-17(12-13)9-7-15-5-3-4-10-18-15/h13-16H,3-12H2,1-2H3. The van der Waals surface area contributed by atoms with Gasteiger partial charge in [0.2, 0.25) is 0 Å². The molecule has 0 radical (unpaired) electrons.